The third-order valence-corrected chi connectivity index (χ3v) is 2.47. The van der Waals surface area contributed by atoms with Gasteiger partial charge in [-0.25, -0.2) is 0 Å². The Bertz CT molecular complexity index is 460. The van der Waals surface area contributed by atoms with Crippen molar-refractivity contribution in [3.05, 3.63) is 30.5 Å². The van der Waals surface area contributed by atoms with Crippen LogP contribution < -0.4 is 10.5 Å². The van der Waals surface area contributed by atoms with Crippen LogP contribution in [0.4, 0.5) is 0 Å². The van der Waals surface area contributed by atoms with Gasteiger partial charge in [-0.3, -0.25) is 0 Å². The average Bonchev–Trinajstić information content (AvgIpc) is 2.60. The molecule has 2 rings (SSSR count). The molecule has 0 spiro atoms. The van der Waals surface area contributed by atoms with Crippen LogP contribution in [0.25, 0.3) is 10.9 Å². The molecule has 1 aromatic heterocycles. The van der Waals surface area contributed by atoms with E-state index in [0.717, 1.165) is 12.3 Å². The quantitative estimate of drug-likeness (QED) is 0.830. The summed E-state index contributed by atoms with van der Waals surface area (Å²) in [6, 6.07) is 8.33. The topological polar surface area (TPSA) is 40.2 Å². The highest BCUT2D eigenvalue weighted by Gasteiger charge is 2.03. The minimum atomic E-state index is 0.159. The number of hydrogen-bond donors (Lipinski definition) is 1. The summed E-state index contributed by atoms with van der Waals surface area (Å²) < 4.78 is 7.36. The first kappa shape index (κ1) is 10.1. The van der Waals surface area contributed by atoms with Crippen LogP contribution in [0.5, 0.6) is 5.75 Å². The zero-order chi connectivity index (χ0) is 10.8. The van der Waals surface area contributed by atoms with Crippen LogP contribution >= 0.6 is 0 Å². The lowest BCUT2D eigenvalue weighted by Gasteiger charge is -2.09. The van der Waals surface area contributed by atoms with Crippen molar-refractivity contribution in [2.45, 2.75) is 19.5 Å². The van der Waals surface area contributed by atoms with E-state index in [-0.39, 0.29) is 6.04 Å². The molecule has 80 valence electrons. The summed E-state index contributed by atoms with van der Waals surface area (Å²) in [5.74, 6) is 0.882. The van der Waals surface area contributed by atoms with Crippen molar-refractivity contribution >= 4 is 10.9 Å². The standard InChI is InChI=1S/C12H16N2O/c1-9(13)8-14-6-5-10-3-4-11(15-2)7-12(10)14/h3-7,9H,8,13H2,1-2H3/t9-/m0/s1. The number of nitrogens with two attached hydrogens (primary N) is 1. The van der Waals surface area contributed by atoms with Crippen molar-refractivity contribution in [2.24, 2.45) is 5.73 Å². The highest BCUT2D eigenvalue weighted by molar-refractivity contribution is 5.81. The molecule has 0 saturated carbocycles. The van der Waals surface area contributed by atoms with Crippen molar-refractivity contribution in [1.29, 1.82) is 0 Å². The summed E-state index contributed by atoms with van der Waals surface area (Å²) in [4.78, 5) is 0. The van der Waals surface area contributed by atoms with Crippen LogP contribution in [0.15, 0.2) is 30.5 Å². The summed E-state index contributed by atoms with van der Waals surface area (Å²) in [6.07, 6.45) is 2.06. The maximum absolute atomic E-state index is 5.79. The Labute approximate surface area is 89.4 Å². The van der Waals surface area contributed by atoms with E-state index in [0.29, 0.717) is 0 Å². The third-order valence-electron chi connectivity index (χ3n) is 2.47. The van der Waals surface area contributed by atoms with Gasteiger partial charge >= 0.3 is 0 Å². The minimum Gasteiger partial charge on any atom is -0.497 e. The van der Waals surface area contributed by atoms with Crippen LogP contribution in [0, 0.1) is 0 Å². The van der Waals surface area contributed by atoms with Crippen LogP contribution in [0.3, 0.4) is 0 Å². The van der Waals surface area contributed by atoms with E-state index in [1.165, 1.54) is 10.9 Å². The number of benzene rings is 1. The lowest BCUT2D eigenvalue weighted by atomic mass is 10.2. The number of fused-ring (bicyclic) bond motifs is 1. The SMILES string of the molecule is COc1ccc2ccn(C[C@H](C)N)c2c1. The second-order valence-electron chi connectivity index (χ2n) is 3.87. The van der Waals surface area contributed by atoms with E-state index in [1.807, 2.05) is 19.1 Å². The number of aromatic nitrogens is 1. The molecule has 0 aliphatic rings. The van der Waals surface area contributed by atoms with Gasteiger partial charge in [0.15, 0.2) is 0 Å². The normalized spacial score (nSPS) is 13.0. The van der Waals surface area contributed by atoms with Gasteiger partial charge in [-0.1, -0.05) is 0 Å². The maximum atomic E-state index is 5.79. The molecule has 2 aromatic rings. The Morgan fingerprint density at radius 3 is 2.87 bits per heavy atom. The third kappa shape index (κ3) is 1.97. The van der Waals surface area contributed by atoms with Crippen LogP contribution in [0.2, 0.25) is 0 Å². The monoisotopic (exact) mass is 204 g/mol. The van der Waals surface area contributed by atoms with Crippen LogP contribution in [-0.2, 0) is 6.54 Å². The second-order valence-corrected chi connectivity index (χ2v) is 3.87. The molecule has 1 heterocycles. The van der Waals surface area contributed by atoms with E-state index < -0.39 is 0 Å². The largest absolute Gasteiger partial charge is 0.497 e. The predicted molar refractivity (Wildman–Crippen MR) is 62.1 cm³/mol. The first-order chi connectivity index (χ1) is 7.20. The van der Waals surface area contributed by atoms with Gasteiger partial charge in [-0.15, -0.1) is 0 Å². The van der Waals surface area contributed by atoms with E-state index in [2.05, 4.69) is 22.9 Å². The number of rotatable bonds is 3. The number of hydrogen-bond acceptors (Lipinski definition) is 2. The Morgan fingerprint density at radius 2 is 2.20 bits per heavy atom. The summed E-state index contributed by atoms with van der Waals surface area (Å²) in [6.45, 7) is 2.84. The van der Waals surface area contributed by atoms with Crippen molar-refractivity contribution in [1.82, 2.24) is 4.57 Å². The molecule has 0 aliphatic heterocycles. The minimum absolute atomic E-state index is 0.159. The number of methoxy groups -OCH3 is 1. The highest BCUT2D eigenvalue weighted by Crippen LogP contribution is 2.21. The molecule has 15 heavy (non-hydrogen) atoms. The molecule has 0 unspecified atom stereocenters. The smallest absolute Gasteiger partial charge is 0.120 e. The van der Waals surface area contributed by atoms with E-state index in [4.69, 9.17) is 10.5 Å². The lowest BCUT2D eigenvalue weighted by Crippen LogP contribution is -2.21. The van der Waals surface area contributed by atoms with Gasteiger partial charge in [0, 0.05) is 24.8 Å². The molecule has 0 fully saturated rings. The molecular formula is C12H16N2O. The molecule has 3 heteroatoms. The van der Waals surface area contributed by atoms with E-state index in [1.54, 1.807) is 7.11 Å². The van der Waals surface area contributed by atoms with Crippen molar-refractivity contribution < 1.29 is 4.74 Å². The summed E-state index contributed by atoms with van der Waals surface area (Å²) >= 11 is 0. The fourth-order valence-electron chi connectivity index (χ4n) is 1.76. The summed E-state index contributed by atoms with van der Waals surface area (Å²) in [7, 11) is 1.68. The fraction of sp³-hybridized carbons (Fsp3) is 0.333. The Morgan fingerprint density at radius 1 is 1.40 bits per heavy atom. The molecule has 3 nitrogen and oxygen atoms in total. The molecule has 2 N–H and O–H groups in total. The molecular weight excluding hydrogens is 188 g/mol. The van der Waals surface area contributed by atoms with Gasteiger partial charge in [0.25, 0.3) is 0 Å². The number of nitrogens with zero attached hydrogens (tertiary/aromatic N) is 1. The zero-order valence-corrected chi connectivity index (χ0v) is 9.10. The lowest BCUT2D eigenvalue weighted by molar-refractivity contribution is 0.415. The first-order valence-corrected chi connectivity index (χ1v) is 5.09. The average molecular weight is 204 g/mol. The van der Waals surface area contributed by atoms with Crippen molar-refractivity contribution in [3.63, 3.8) is 0 Å². The molecule has 0 saturated heterocycles. The van der Waals surface area contributed by atoms with Crippen molar-refractivity contribution in [2.75, 3.05) is 7.11 Å². The molecule has 0 amide bonds. The van der Waals surface area contributed by atoms with Gasteiger partial charge < -0.3 is 15.0 Å². The second kappa shape index (κ2) is 3.95. The number of ether oxygens (including phenoxy) is 1. The van der Waals surface area contributed by atoms with Crippen LogP contribution in [0.1, 0.15) is 6.92 Å². The van der Waals surface area contributed by atoms with Gasteiger partial charge in [0.2, 0.25) is 0 Å². The molecule has 0 radical (unpaired) electrons. The van der Waals surface area contributed by atoms with Gasteiger partial charge in [-0.05, 0) is 30.5 Å². The Hall–Kier alpha value is -1.48. The van der Waals surface area contributed by atoms with Gasteiger partial charge in [0.1, 0.15) is 5.75 Å². The van der Waals surface area contributed by atoms with Gasteiger partial charge in [-0.2, -0.15) is 0 Å². The first-order valence-electron chi connectivity index (χ1n) is 5.09. The molecule has 0 aliphatic carbocycles. The highest BCUT2D eigenvalue weighted by atomic mass is 16.5. The van der Waals surface area contributed by atoms with Crippen molar-refractivity contribution in [3.8, 4) is 5.75 Å². The molecule has 1 atom stereocenters. The zero-order valence-electron chi connectivity index (χ0n) is 9.10. The van der Waals surface area contributed by atoms with Crippen LogP contribution in [-0.4, -0.2) is 17.7 Å². The fourth-order valence-corrected chi connectivity index (χ4v) is 1.76. The van der Waals surface area contributed by atoms with E-state index in [9.17, 15) is 0 Å². The summed E-state index contributed by atoms with van der Waals surface area (Å²) in [5.41, 5.74) is 6.97. The van der Waals surface area contributed by atoms with Gasteiger partial charge in [0.05, 0.1) is 12.6 Å². The molecule has 0 bridgehead atoms. The maximum Gasteiger partial charge on any atom is 0.120 e. The molecule has 1 aromatic carbocycles. The summed E-state index contributed by atoms with van der Waals surface area (Å²) in [5, 5.41) is 1.22. The van der Waals surface area contributed by atoms with E-state index >= 15 is 0 Å². The Balaban J connectivity index is 2.46. The Kier molecular flexibility index (Phi) is 2.64. The predicted octanol–water partition coefficient (Wildman–Crippen LogP) is 2.00.